The summed E-state index contributed by atoms with van der Waals surface area (Å²) >= 11 is 0. The average Bonchev–Trinajstić information content (AvgIpc) is 3.26. The molecule has 4 rings (SSSR count). The molecule has 4 N–H and O–H groups in total. The van der Waals surface area contributed by atoms with Crippen molar-refractivity contribution in [2.75, 3.05) is 38.5 Å². The van der Waals surface area contributed by atoms with E-state index in [1.54, 1.807) is 6.20 Å². The Labute approximate surface area is 189 Å². The first-order chi connectivity index (χ1) is 15.7. The highest BCUT2D eigenvalue weighted by Gasteiger charge is 2.24. The molecule has 1 aromatic heterocycles. The molecule has 0 radical (unpaired) electrons. The fourth-order valence-corrected chi connectivity index (χ4v) is 3.86. The Morgan fingerprint density at radius 1 is 1.09 bits per heavy atom. The van der Waals surface area contributed by atoms with Crippen LogP contribution < -0.4 is 20.7 Å². The molecule has 7 heteroatoms. The zero-order valence-electron chi connectivity index (χ0n) is 18.4. The van der Waals surface area contributed by atoms with Gasteiger partial charge in [0.2, 0.25) is 5.95 Å². The smallest absolute Gasteiger partial charge is 0.223 e. The van der Waals surface area contributed by atoms with Crippen LogP contribution in [0.3, 0.4) is 0 Å². The van der Waals surface area contributed by atoms with E-state index in [2.05, 4.69) is 38.1 Å². The van der Waals surface area contributed by atoms with Gasteiger partial charge in [-0.1, -0.05) is 30.3 Å². The Morgan fingerprint density at radius 2 is 1.91 bits per heavy atom. The number of β-amino-alcohol motifs (C(OH)–C–C–N with tert-alkyl or cyclic N) is 1. The van der Waals surface area contributed by atoms with Gasteiger partial charge in [-0.3, -0.25) is 0 Å². The average molecular weight is 434 g/mol. The first kappa shape index (κ1) is 22.2. The molecule has 2 aromatic carbocycles. The number of nitrogens with zero attached hydrogens (tertiary/aromatic N) is 2. The standard InChI is InChI=1S/C25H31N5O2/c1-26-13-12-24(19-5-3-2-4-6-19)32-21-9-7-18(8-10-21)22-11-14-28-25(30-22)29-16-20-15-27-17-23(20)31/h2-11,14,20,23-24,26-27,31H,12-13,15-17H2,1H3,(H,28,29,30)/t20-,23+,24-/m1/s1. The van der Waals surface area contributed by atoms with Gasteiger partial charge >= 0.3 is 0 Å². The van der Waals surface area contributed by atoms with Crippen LogP contribution in [0.25, 0.3) is 11.3 Å². The maximum Gasteiger partial charge on any atom is 0.223 e. The van der Waals surface area contributed by atoms with Gasteiger partial charge in [-0.25, -0.2) is 9.97 Å². The Morgan fingerprint density at radius 3 is 2.62 bits per heavy atom. The zero-order chi connectivity index (χ0) is 22.2. The highest BCUT2D eigenvalue weighted by molar-refractivity contribution is 5.61. The first-order valence-electron chi connectivity index (χ1n) is 11.2. The number of anilines is 1. The van der Waals surface area contributed by atoms with Gasteiger partial charge in [0.05, 0.1) is 11.8 Å². The highest BCUT2D eigenvalue weighted by atomic mass is 16.5. The molecule has 0 aliphatic carbocycles. The normalized spacial score (nSPS) is 18.9. The van der Waals surface area contributed by atoms with E-state index in [4.69, 9.17) is 4.74 Å². The van der Waals surface area contributed by atoms with Crippen LogP contribution in [0.15, 0.2) is 66.9 Å². The summed E-state index contributed by atoms with van der Waals surface area (Å²) in [5.41, 5.74) is 3.01. The van der Waals surface area contributed by atoms with Gasteiger partial charge in [0.25, 0.3) is 0 Å². The minimum atomic E-state index is -0.328. The third kappa shape index (κ3) is 5.82. The van der Waals surface area contributed by atoms with Crippen LogP contribution in [-0.4, -0.2) is 54.4 Å². The van der Waals surface area contributed by atoms with Crippen molar-refractivity contribution in [3.63, 3.8) is 0 Å². The number of aliphatic hydroxyl groups is 1. The number of hydrogen-bond acceptors (Lipinski definition) is 7. The zero-order valence-corrected chi connectivity index (χ0v) is 18.4. The van der Waals surface area contributed by atoms with E-state index in [1.807, 2.05) is 55.6 Å². The predicted octanol–water partition coefficient (Wildman–Crippen LogP) is 2.87. The van der Waals surface area contributed by atoms with E-state index in [-0.39, 0.29) is 18.1 Å². The van der Waals surface area contributed by atoms with Crippen molar-refractivity contribution >= 4 is 5.95 Å². The van der Waals surface area contributed by atoms with Gasteiger partial charge in [-0.05, 0) is 49.5 Å². The van der Waals surface area contributed by atoms with Gasteiger partial charge in [0.1, 0.15) is 11.9 Å². The predicted molar refractivity (Wildman–Crippen MR) is 127 cm³/mol. The van der Waals surface area contributed by atoms with Crippen molar-refractivity contribution in [1.82, 2.24) is 20.6 Å². The summed E-state index contributed by atoms with van der Waals surface area (Å²) in [5, 5.41) is 19.6. The fourth-order valence-electron chi connectivity index (χ4n) is 3.86. The molecule has 0 unspecified atom stereocenters. The lowest BCUT2D eigenvalue weighted by molar-refractivity contribution is 0.153. The summed E-state index contributed by atoms with van der Waals surface area (Å²) < 4.78 is 6.31. The van der Waals surface area contributed by atoms with Gasteiger partial charge in [-0.2, -0.15) is 0 Å². The molecule has 7 nitrogen and oxygen atoms in total. The number of benzene rings is 2. The maximum absolute atomic E-state index is 9.95. The molecule has 3 atom stereocenters. The largest absolute Gasteiger partial charge is 0.486 e. The van der Waals surface area contributed by atoms with Crippen molar-refractivity contribution in [2.45, 2.75) is 18.6 Å². The lowest BCUT2D eigenvalue weighted by atomic mass is 10.1. The highest BCUT2D eigenvalue weighted by Crippen LogP contribution is 2.27. The quantitative estimate of drug-likeness (QED) is 0.391. The summed E-state index contributed by atoms with van der Waals surface area (Å²) in [6.45, 7) is 2.95. The minimum absolute atomic E-state index is 0.00946. The molecule has 168 valence electrons. The monoisotopic (exact) mass is 433 g/mol. The van der Waals surface area contributed by atoms with Crippen LogP contribution >= 0.6 is 0 Å². The number of aromatic nitrogens is 2. The van der Waals surface area contributed by atoms with E-state index in [0.717, 1.165) is 36.5 Å². The molecule has 2 heterocycles. The summed E-state index contributed by atoms with van der Waals surface area (Å²) in [6.07, 6.45) is 2.30. The van der Waals surface area contributed by atoms with Gasteiger partial charge < -0.3 is 25.8 Å². The molecule has 1 saturated heterocycles. The van der Waals surface area contributed by atoms with E-state index in [9.17, 15) is 5.11 Å². The van der Waals surface area contributed by atoms with Crippen LogP contribution in [0.5, 0.6) is 5.75 Å². The molecular weight excluding hydrogens is 402 g/mol. The first-order valence-corrected chi connectivity index (χ1v) is 11.2. The van der Waals surface area contributed by atoms with Gasteiger partial charge in [0, 0.05) is 43.7 Å². The van der Waals surface area contributed by atoms with Gasteiger partial charge in [0.15, 0.2) is 0 Å². The van der Waals surface area contributed by atoms with Crippen molar-refractivity contribution in [1.29, 1.82) is 0 Å². The van der Waals surface area contributed by atoms with E-state index in [1.165, 1.54) is 5.56 Å². The molecular formula is C25H31N5O2. The number of hydrogen-bond donors (Lipinski definition) is 4. The van der Waals surface area contributed by atoms with Crippen LogP contribution in [0.4, 0.5) is 5.95 Å². The number of nitrogens with one attached hydrogen (secondary N) is 3. The molecule has 0 amide bonds. The van der Waals surface area contributed by atoms with Crippen LogP contribution in [-0.2, 0) is 0 Å². The van der Waals surface area contributed by atoms with Crippen LogP contribution in [0, 0.1) is 5.92 Å². The van der Waals surface area contributed by atoms with Crippen molar-refractivity contribution in [2.24, 2.45) is 5.92 Å². The third-order valence-electron chi connectivity index (χ3n) is 5.74. The van der Waals surface area contributed by atoms with Crippen LogP contribution in [0.1, 0.15) is 18.1 Å². The molecule has 1 aliphatic heterocycles. The Hall–Kier alpha value is -3.00. The summed E-state index contributed by atoms with van der Waals surface area (Å²) in [7, 11) is 1.95. The summed E-state index contributed by atoms with van der Waals surface area (Å²) in [5.74, 6) is 1.56. The van der Waals surface area contributed by atoms with E-state index >= 15 is 0 Å². The second kappa shape index (κ2) is 11.0. The Kier molecular flexibility index (Phi) is 7.66. The third-order valence-corrected chi connectivity index (χ3v) is 5.74. The Balaban J connectivity index is 1.41. The van der Waals surface area contributed by atoms with Crippen molar-refractivity contribution < 1.29 is 9.84 Å². The molecule has 32 heavy (non-hydrogen) atoms. The molecule has 0 spiro atoms. The number of rotatable bonds is 10. The van der Waals surface area contributed by atoms with Gasteiger partial charge in [-0.15, -0.1) is 0 Å². The van der Waals surface area contributed by atoms with Crippen molar-refractivity contribution in [3.8, 4) is 17.0 Å². The molecule has 1 fully saturated rings. The fraction of sp³-hybridized carbons (Fsp3) is 0.360. The maximum atomic E-state index is 9.95. The van der Waals surface area contributed by atoms with E-state index < -0.39 is 0 Å². The lowest BCUT2D eigenvalue weighted by Gasteiger charge is -2.20. The van der Waals surface area contributed by atoms with Crippen molar-refractivity contribution in [3.05, 3.63) is 72.4 Å². The topological polar surface area (TPSA) is 91.3 Å². The molecule has 0 saturated carbocycles. The van der Waals surface area contributed by atoms with Crippen LogP contribution in [0.2, 0.25) is 0 Å². The number of aliphatic hydroxyl groups excluding tert-OH is 1. The molecule has 0 bridgehead atoms. The summed E-state index contributed by atoms with van der Waals surface area (Å²) in [6, 6.07) is 20.2. The van der Waals surface area contributed by atoms with E-state index in [0.29, 0.717) is 19.0 Å². The Bertz CT molecular complexity index is 968. The summed E-state index contributed by atoms with van der Waals surface area (Å²) in [4.78, 5) is 8.95. The second-order valence-electron chi connectivity index (χ2n) is 8.07. The second-order valence-corrected chi connectivity index (χ2v) is 8.07. The molecule has 1 aliphatic rings. The SMILES string of the molecule is CNCC[C@@H](Oc1ccc(-c2ccnc(NC[C@H]3CNC[C@@H]3O)n2)cc1)c1ccccc1. The lowest BCUT2D eigenvalue weighted by Crippen LogP contribution is -2.26. The number of ether oxygens (including phenoxy) is 1. The minimum Gasteiger partial charge on any atom is -0.486 e. The molecule has 3 aromatic rings.